The van der Waals surface area contributed by atoms with Crippen molar-refractivity contribution in [3.63, 3.8) is 0 Å². The van der Waals surface area contributed by atoms with E-state index in [0.29, 0.717) is 51.0 Å². The summed E-state index contributed by atoms with van der Waals surface area (Å²) in [4.78, 5) is 0.229. The van der Waals surface area contributed by atoms with Gasteiger partial charge in [0.1, 0.15) is 11.5 Å². The number of sulfonamides is 1. The van der Waals surface area contributed by atoms with Crippen LogP contribution in [0.15, 0.2) is 52.5 Å². The number of benzene rings is 2. The van der Waals surface area contributed by atoms with E-state index in [9.17, 15) is 8.42 Å². The average Bonchev–Trinajstić information content (AvgIpc) is 2.88. The molecule has 9 nitrogen and oxygen atoms in total. The quantitative estimate of drug-likeness (QED) is 0.263. The number of nitrogens with one attached hydrogen (secondary N) is 2. The first-order valence-electron chi connectivity index (χ1n) is 11.6. The molecule has 1 aliphatic rings. The summed E-state index contributed by atoms with van der Waals surface area (Å²) in [5.74, 6) is 1.43. The van der Waals surface area contributed by atoms with E-state index in [0.717, 1.165) is 24.2 Å². The number of nitrogens with zero attached hydrogens (tertiary/aromatic N) is 2. The van der Waals surface area contributed by atoms with Gasteiger partial charge in [0, 0.05) is 30.4 Å². The molecule has 1 heterocycles. The number of thiocarbonyl (C=S) groups is 1. The lowest BCUT2D eigenvalue weighted by Gasteiger charge is -2.26. The molecule has 0 aromatic heterocycles. The Balaban J connectivity index is 1.58. The number of rotatable bonds is 11. The van der Waals surface area contributed by atoms with Crippen molar-refractivity contribution < 1.29 is 22.6 Å². The maximum Gasteiger partial charge on any atom is 0.243 e. The third-order valence-corrected chi connectivity index (χ3v) is 7.12. The Labute approximate surface area is 212 Å². The van der Waals surface area contributed by atoms with Gasteiger partial charge < -0.3 is 19.5 Å². The number of hydrazone groups is 1. The minimum Gasteiger partial charge on any atom is -0.493 e. The normalized spacial score (nSPS) is 14.6. The Bertz CT molecular complexity index is 1100. The molecule has 3 rings (SSSR count). The number of ether oxygens (including phenoxy) is 3. The lowest BCUT2D eigenvalue weighted by molar-refractivity contribution is 0.0730. The van der Waals surface area contributed by atoms with Gasteiger partial charge in [0.05, 0.1) is 37.5 Å². The SMILES string of the molecule is CCCOc1ccc(C=NNC(=S)Nc2ccc(S(=O)(=O)N3CCOCC3)cc2)c(OCCC)c1. The molecule has 1 aliphatic heterocycles. The van der Waals surface area contributed by atoms with Gasteiger partial charge in [0.2, 0.25) is 10.0 Å². The average molecular weight is 521 g/mol. The fraction of sp³-hybridized carbons (Fsp3) is 0.417. The van der Waals surface area contributed by atoms with E-state index in [-0.39, 0.29) is 10.0 Å². The first-order valence-corrected chi connectivity index (χ1v) is 13.5. The van der Waals surface area contributed by atoms with Gasteiger partial charge in [-0.25, -0.2) is 8.42 Å². The lowest BCUT2D eigenvalue weighted by atomic mass is 10.2. The van der Waals surface area contributed by atoms with Crippen LogP contribution in [-0.2, 0) is 14.8 Å². The van der Waals surface area contributed by atoms with Gasteiger partial charge in [0.25, 0.3) is 0 Å². The zero-order valence-corrected chi connectivity index (χ0v) is 21.7. The predicted molar refractivity (Wildman–Crippen MR) is 141 cm³/mol. The number of anilines is 1. The summed E-state index contributed by atoms with van der Waals surface area (Å²) in [5, 5.41) is 7.46. The van der Waals surface area contributed by atoms with Gasteiger partial charge >= 0.3 is 0 Å². The van der Waals surface area contributed by atoms with Crippen LogP contribution < -0.4 is 20.2 Å². The van der Waals surface area contributed by atoms with Gasteiger partial charge in [-0.2, -0.15) is 9.41 Å². The molecule has 0 saturated carbocycles. The third-order valence-electron chi connectivity index (χ3n) is 5.01. The molecular formula is C24H32N4O5S2. The standard InChI is InChI=1S/C24H32N4O5S2/c1-3-13-32-21-8-5-19(23(17-21)33-14-4-2)18-25-27-24(34)26-20-6-9-22(10-7-20)35(29,30)28-11-15-31-16-12-28/h5-10,17-18H,3-4,11-16H2,1-2H3,(H2,26,27,34). The van der Waals surface area contributed by atoms with Gasteiger partial charge in [-0.3, -0.25) is 5.43 Å². The molecule has 1 saturated heterocycles. The van der Waals surface area contributed by atoms with E-state index < -0.39 is 10.0 Å². The van der Waals surface area contributed by atoms with Crippen LogP contribution >= 0.6 is 12.2 Å². The molecule has 0 unspecified atom stereocenters. The fourth-order valence-corrected chi connectivity index (χ4v) is 4.81. The van der Waals surface area contributed by atoms with Crippen LogP contribution in [0.3, 0.4) is 0 Å². The monoisotopic (exact) mass is 520 g/mol. The summed E-state index contributed by atoms with van der Waals surface area (Å²) < 4.78 is 43.7. The van der Waals surface area contributed by atoms with Crippen LogP contribution in [0.1, 0.15) is 32.3 Å². The summed E-state index contributed by atoms with van der Waals surface area (Å²) in [6.07, 6.45) is 3.44. The van der Waals surface area contributed by atoms with Crippen LogP contribution in [0.5, 0.6) is 11.5 Å². The minimum absolute atomic E-state index is 0.229. The number of hydrogen-bond donors (Lipinski definition) is 2. The molecule has 0 spiro atoms. The van der Waals surface area contributed by atoms with Crippen molar-refractivity contribution in [3.8, 4) is 11.5 Å². The summed E-state index contributed by atoms with van der Waals surface area (Å²) >= 11 is 5.30. The molecule has 0 atom stereocenters. The van der Waals surface area contributed by atoms with E-state index >= 15 is 0 Å². The van der Waals surface area contributed by atoms with Crippen molar-refractivity contribution in [2.24, 2.45) is 5.10 Å². The van der Waals surface area contributed by atoms with Crippen LogP contribution in [0.2, 0.25) is 0 Å². The predicted octanol–water partition coefficient (Wildman–Crippen LogP) is 3.61. The van der Waals surface area contributed by atoms with Gasteiger partial charge in [-0.15, -0.1) is 0 Å². The van der Waals surface area contributed by atoms with E-state index in [1.54, 1.807) is 30.5 Å². The van der Waals surface area contributed by atoms with Crippen molar-refractivity contribution in [2.75, 3.05) is 44.8 Å². The second-order valence-electron chi connectivity index (χ2n) is 7.76. The van der Waals surface area contributed by atoms with E-state index in [2.05, 4.69) is 22.8 Å². The molecule has 0 amide bonds. The summed E-state index contributed by atoms with van der Waals surface area (Å²) in [6, 6.07) is 12.0. The van der Waals surface area contributed by atoms with Crippen molar-refractivity contribution in [1.82, 2.24) is 9.73 Å². The van der Waals surface area contributed by atoms with Crippen molar-refractivity contribution in [2.45, 2.75) is 31.6 Å². The van der Waals surface area contributed by atoms with Crippen LogP contribution in [0, 0.1) is 0 Å². The van der Waals surface area contributed by atoms with Crippen molar-refractivity contribution in [1.29, 1.82) is 0 Å². The van der Waals surface area contributed by atoms with Gasteiger partial charge in [-0.05, 0) is 61.5 Å². The van der Waals surface area contributed by atoms with E-state index in [1.807, 2.05) is 25.1 Å². The van der Waals surface area contributed by atoms with E-state index in [1.165, 1.54) is 4.31 Å². The zero-order chi connectivity index (χ0) is 25.1. The molecule has 190 valence electrons. The highest BCUT2D eigenvalue weighted by Gasteiger charge is 2.26. The molecule has 1 fully saturated rings. The van der Waals surface area contributed by atoms with Gasteiger partial charge in [-0.1, -0.05) is 13.8 Å². The highest BCUT2D eigenvalue weighted by Crippen LogP contribution is 2.24. The Morgan fingerprint density at radius 3 is 2.46 bits per heavy atom. The first-order chi connectivity index (χ1) is 16.9. The molecule has 11 heteroatoms. The molecule has 0 aliphatic carbocycles. The van der Waals surface area contributed by atoms with Crippen molar-refractivity contribution >= 4 is 39.3 Å². The second-order valence-corrected chi connectivity index (χ2v) is 10.1. The number of hydrogen-bond acceptors (Lipinski definition) is 7. The topological polar surface area (TPSA) is 101 Å². The lowest BCUT2D eigenvalue weighted by Crippen LogP contribution is -2.40. The maximum atomic E-state index is 12.7. The Hall–Kier alpha value is -2.73. The van der Waals surface area contributed by atoms with Crippen molar-refractivity contribution in [3.05, 3.63) is 48.0 Å². The minimum atomic E-state index is -3.54. The zero-order valence-electron chi connectivity index (χ0n) is 20.0. The smallest absolute Gasteiger partial charge is 0.243 e. The molecule has 35 heavy (non-hydrogen) atoms. The summed E-state index contributed by atoms with van der Waals surface area (Å²) in [5.41, 5.74) is 4.20. The largest absolute Gasteiger partial charge is 0.493 e. The van der Waals surface area contributed by atoms with Crippen LogP contribution in [0.25, 0.3) is 0 Å². The summed E-state index contributed by atoms with van der Waals surface area (Å²) in [6.45, 7) is 6.85. The second kappa shape index (κ2) is 13.4. The van der Waals surface area contributed by atoms with Gasteiger partial charge in [0.15, 0.2) is 5.11 Å². The molecule has 2 N–H and O–H groups in total. The molecular weight excluding hydrogens is 488 g/mol. The first kappa shape index (κ1) is 26.9. The molecule has 2 aromatic rings. The number of morpholine rings is 1. The van der Waals surface area contributed by atoms with Crippen LogP contribution in [-0.4, -0.2) is 63.6 Å². The Morgan fingerprint density at radius 1 is 1.09 bits per heavy atom. The van der Waals surface area contributed by atoms with E-state index in [4.69, 9.17) is 26.4 Å². The molecule has 0 bridgehead atoms. The summed E-state index contributed by atoms with van der Waals surface area (Å²) in [7, 11) is -3.54. The Morgan fingerprint density at radius 2 is 1.77 bits per heavy atom. The van der Waals surface area contributed by atoms with Crippen LogP contribution in [0.4, 0.5) is 5.69 Å². The molecule has 0 radical (unpaired) electrons. The highest BCUT2D eigenvalue weighted by molar-refractivity contribution is 7.89. The molecule has 2 aromatic carbocycles. The maximum absolute atomic E-state index is 12.7. The Kier molecular flexibility index (Phi) is 10.3. The highest BCUT2D eigenvalue weighted by atomic mass is 32.2. The fourth-order valence-electron chi connectivity index (χ4n) is 3.23. The third kappa shape index (κ3) is 7.89.